The third-order valence-electron chi connectivity index (χ3n) is 4.36. The molecule has 1 atom stereocenters. The summed E-state index contributed by atoms with van der Waals surface area (Å²) < 4.78 is 0. The highest BCUT2D eigenvalue weighted by atomic mass is 16.1. The molecule has 0 fully saturated rings. The quantitative estimate of drug-likeness (QED) is 0.680. The number of allylic oxidation sites excluding steroid dienone is 4. The van der Waals surface area contributed by atoms with Gasteiger partial charge < -0.3 is 0 Å². The minimum atomic E-state index is 0.0804. The highest BCUT2D eigenvalue weighted by molar-refractivity contribution is 6.10. The fourth-order valence-electron chi connectivity index (χ4n) is 3.19. The van der Waals surface area contributed by atoms with Gasteiger partial charge >= 0.3 is 0 Å². The van der Waals surface area contributed by atoms with Crippen LogP contribution in [-0.2, 0) is 0 Å². The zero-order chi connectivity index (χ0) is 16.4. The van der Waals surface area contributed by atoms with Crippen LogP contribution in [0, 0.1) is 5.41 Å². The number of hydrogen-bond donors (Lipinski definition) is 0. The molecule has 0 aliphatic heterocycles. The maximum absolute atomic E-state index is 12.9. The molecule has 0 spiro atoms. The van der Waals surface area contributed by atoms with Crippen molar-refractivity contribution in [2.75, 3.05) is 0 Å². The average molecular weight is 302 g/mol. The van der Waals surface area contributed by atoms with Crippen molar-refractivity contribution in [3.8, 4) is 0 Å². The van der Waals surface area contributed by atoms with Crippen molar-refractivity contribution in [1.29, 1.82) is 0 Å². The van der Waals surface area contributed by atoms with Gasteiger partial charge in [-0.25, -0.2) is 0 Å². The summed E-state index contributed by atoms with van der Waals surface area (Å²) in [6.07, 6.45) is 6.49. The van der Waals surface area contributed by atoms with Crippen LogP contribution in [0.25, 0.3) is 0 Å². The molecule has 3 rings (SSSR count). The van der Waals surface area contributed by atoms with Crippen molar-refractivity contribution in [1.82, 2.24) is 0 Å². The maximum atomic E-state index is 12.9. The number of carbonyl (C=O) groups is 1. The molecule has 0 radical (unpaired) electrons. The van der Waals surface area contributed by atoms with Crippen LogP contribution in [0.1, 0.15) is 48.2 Å². The summed E-state index contributed by atoms with van der Waals surface area (Å²) in [5.74, 6) is 0.272. The zero-order valence-electron chi connectivity index (χ0n) is 13.9. The Morgan fingerprint density at radius 3 is 2.26 bits per heavy atom. The second-order valence-corrected chi connectivity index (χ2v) is 7.02. The summed E-state index contributed by atoms with van der Waals surface area (Å²) in [7, 11) is 0. The van der Waals surface area contributed by atoms with Gasteiger partial charge in [-0.1, -0.05) is 99.2 Å². The van der Waals surface area contributed by atoms with Gasteiger partial charge in [0.15, 0.2) is 5.78 Å². The van der Waals surface area contributed by atoms with E-state index in [0.717, 1.165) is 16.7 Å². The Balaban J connectivity index is 2.04. The van der Waals surface area contributed by atoms with E-state index in [1.54, 1.807) is 0 Å². The van der Waals surface area contributed by atoms with Crippen molar-refractivity contribution >= 4 is 5.78 Å². The standard InChI is InChI=1S/C22H22O/c1-22(2,3)20-15-9-14-18(20)17-12-7-8-13-19(17)21(23)16-10-5-4-6-11-16/h4-15,18H,1-3H3. The van der Waals surface area contributed by atoms with Crippen molar-refractivity contribution in [2.24, 2.45) is 5.41 Å². The van der Waals surface area contributed by atoms with E-state index in [0.29, 0.717) is 0 Å². The van der Waals surface area contributed by atoms with Crippen molar-refractivity contribution in [3.05, 3.63) is 95.1 Å². The second kappa shape index (κ2) is 6.00. The van der Waals surface area contributed by atoms with Crippen molar-refractivity contribution in [3.63, 3.8) is 0 Å². The first kappa shape index (κ1) is 15.5. The summed E-state index contributed by atoms with van der Waals surface area (Å²) >= 11 is 0. The van der Waals surface area contributed by atoms with E-state index in [9.17, 15) is 4.79 Å². The van der Waals surface area contributed by atoms with Gasteiger partial charge in [-0.15, -0.1) is 0 Å². The number of hydrogen-bond acceptors (Lipinski definition) is 1. The van der Waals surface area contributed by atoms with Crippen LogP contribution in [0.4, 0.5) is 0 Å². The molecule has 2 aromatic carbocycles. The predicted octanol–water partition coefficient (Wildman–Crippen LogP) is 5.54. The van der Waals surface area contributed by atoms with Crippen LogP contribution in [0.3, 0.4) is 0 Å². The molecule has 116 valence electrons. The number of benzene rings is 2. The summed E-state index contributed by atoms with van der Waals surface area (Å²) in [5.41, 5.74) is 4.06. The first-order valence-electron chi connectivity index (χ1n) is 8.06. The summed E-state index contributed by atoms with van der Waals surface area (Å²) in [4.78, 5) is 12.9. The first-order valence-corrected chi connectivity index (χ1v) is 8.06. The van der Waals surface area contributed by atoms with Crippen LogP contribution in [0.2, 0.25) is 0 Å². The van der Waals surface area contributed by atoms with E-state index in [1.165, 1.54) is 5.57 Å². The summed E-state index contributed by atoms with van der Waals surface area (Å²) in [5, 5.41) is 0. The van der Waals surface area contributed by atoms with E-state index in [2.05, 4.69) is 45.1 Å². The number of ketones is 1. The lowest BCUT2D eigenvalue weighted by Gasteiger charge is -2.28. The molecule has 1 unspecified atom stereocenters. The molecule has 1 heteroatoms. The van der Waals surface area contributed by atoms with Gasteiger partial charge in [-0.05, 0) is 11.0 Å². The molecule has 0 amide bonds. The normalized spacial score (nSPS) is 17.2. The van der Waals surface area contributed by atoms with Crippen molar-refractivity contribution < 1.29 is 4.79 Å². The predicted molar refractivity (Wildman–Crippen MR) is 95.7 cm³/mol. The van der Waals surface area contributed by atoms with Gasteiger partial charge in [-0.3, -0.25) is 4.79 Å². The van der Waals surface area contributed by atoms with E-state index in [-0.39, 0.29) is 17.1 Å². The second-order valence-electron chi connectivity index (χ2n) is 7.02. The third-order valence-corrected chi connectivity index (χ3v) is 4.36. The Morgan fingerprint density at radius 1 is 0.913 bits per heavy atom. The highest BCUT2D eigenvalue weighted by Crippen LogP contribution is 2.42. The monoisotopic (exact) mass is 302 g/mol. The Bertz CT molecular complexity index is 773. The molecule has 1 nitrogen and oxygen atoms in total. The Hall–Kier alpha value is -2.41. The lowest BCUT2D eigenvalue weighted by atomic mass is 9.76. The molecule has 0 saturated carbocycles. The lowest BCUT2D eigenvalue weighted by Crippen LogP contribution is -2.16. The van der Waals surface area contributed by atoms with Gasteiger partial charge in [0.25, 0.3) is 0 Å². The topological polar surface area (TPSA) is 17.1 Å². The first-order chi connectivity index (χ1) is 11.0. The Morgan fingerprint density at radius 2 is 1.57 bits per heavy atom. The van der Waals surface area contributed by atoms with E-state index in [4.69, 9.17) is 0 Å². The molecule has 0 N–H and O–H groups in total. The van der Waals surface area contributed by atoms with Crippen LogP contribution in [0.5, 0.6) is 0 Å². The molecule has 0 bridgehead atoms. The van der Waals surface area contributed by atoms with E-state index < -0.39 is 0 Å². The zero-order valence-corrected chi connectivity index (χ0v) is 13.9. The smallest absolute Gasteiger partial charge is 0.193 e. The van der Waals surface area contributed by atoms with Crippen molar-refractivity contribution in [2.45, 2.75) is 26.7 Å². The summed E-state index contributed by atoms with van der Waals surface area (Å²) in [6.45, 7) is 6.67. The number of rotatable bonds is 3. The molecule has 0 heterocycles. The highest BCUT2D eigenvalue weighted by Gasteiger charge is 2.29. The minimum Gasteiger partial charge on any atom is -0.289 e. The van der Waals surface area contributed by atoms with Crippen LogP contribution < -0.4 is 0 Å². The van der Waals surface area contributed by atoms with Crippen LogP contribution in [-0.4, -0.2) is 5.78 Å². The van der Waals surface area contributed by atoms with E-state index >= 15 is 0 Å². The fraction of sp³-hybridized carbons (Fsp3) is 0.227. The molecule has 1 aliphatic carbocycles. The number of carbonyl (C=O) groups excluding carboxylic acids is 1. The lowest BCUT2D eigenvalue weighted by molar-refractivity contribution is 0.103. The largest absolute Gasteiger partial charge is 0.289 e. The molecule has 0 aromatic heterocycles. The van der Waals surface area contributed by atoms with Gasteiger partial charge in [0.2, 0.25) is 0 Å². The SMILES string of the molecule is CC(C)(C)C1=CC=CC1c1ccccc1C(=O)c1ccccc1. The third kappa shape index (κ3) is 3.05. The summed E-state index contributed by atoms with van der Waals surface area (Å²) in [6, 6.07) is 17.5. The average Bonchev–Trinajstić information content (AvgIpc) is 3.05. The van der Waals surface area contributed by atoms with Crippen LogP contribution in [0.15, 0.2) is 78.4 Å². The Labute approximate surface area is 138 Å². The molecular weight excluding hydrogens is 280 g/mol. The fourth-order valence-corrected chi connectivity index (χ4v) is 3.19. The molecule has 2 aromatic rings. The van der Waals surface area contributed by atoms with E-state index in [1.807, 2.05) is 48.5 Å². The van der Waals surface area contributed by atoms with Gasteiger partial charge in [0.05, 0.1) is 0 Å². The van der Waals surface area contributed by atoms with Gasteiger partial charge in [0, 0.05) is 17.0 Å². The van der Waals surface area contributed by atoms with Gasteiger partial charge in [0.1, 0.15) is 0 Å². The molecule has 23 heavy (non-hydrogen) atoms. The Kier molecular flexibility index (Phi) is 4.04. The molecule has 0 saturated heterocycles. The minimum absolute atomic E-state index is 0.0804. The van der Waals surface area contributed by atoms with Crippen LogP contribution >= 0.6 is 0 Å². The maximum Gasteiger partial charge on any atom is 0.193 e. The molecular formula is C22H22O. The van der Waals surface area contributed by atoms with Gasteiger partial charge in [-0.2, -0.15) is 0 Å². The molecule has 1 aliphatic rings.